The Morgan fingerprint density at radius 3 is 2.05 bits per heavy atom. The summed E-state index contributed by atoms with van der Waals surface area (Å²) < 4.78 is 4.82. The van der Waals surface area contributed by atoms with E-state index in [0.717, 1.165) is 9.72 Å². The van der Waals surface area contributed by atoms with Gasteiger partial charge in [-0.25, -0.2) is 0 Å². The second-order valence-electron chi connectivity index (χ2n) is 9.55. The predicted molar refractivity (Wildman–Crippen MR) is 162 cm³/mol. The van der Waals surface area contributed by atoms with Gasteiger partial charge in [-0.15, -0.1) is 11.3 Å². The van der Waals surface area contributed by atoms with Crippen LogP contribution >= 0.6 is 22.9 Å². The number of benzene rings is 6. The largest absolute Gasteiger partial charge is 0.309 e. The second kappa shape index (κ2) is 7.94. The Hall–Kier alpha value is -4.11. The minimum atomic E-state index is 0.821. The zero-order valence-electron chi connectivity index (χ0n) is 19.8. The van der Waals surface area contributed by atoms with E-state index in [-0.39, 0.29) is 0 Å². The molecule has 174 valence electrons. The van der Waals surface area contributed by atoms with Gasteiger partial charge in [-0.1, -0.05) is 90.5 Å². The molecule has 0 aliphatic heterocycles. The quantitative estimate of drug-likeness (QED) is 0.218. The van der Waals surface area contributed by atoms with Crippen LogP contribution in [0.5, 0.6) is 0 Å². The van der Waals surface area contributed by atoms with E-state index in [1.807, 2.05) is 12.1 Å². The minimum absolute atomic E-state index is 0.821. The number of fused-ring (bicyclic) bond motifs is 7. The van der Waals surface area contributed by atoms with Gasteiger partial charge < -0.3 is 4.57 Å². The summed E-state index contributed by atoms with van der Waals surface area (Å²) in [4.78, 5) is 0. The second-order valence-corrected chi connectivity index (χ2v) is 11.0. The van der Waals surface area contributed by atoms with Crippen LogP contribution in [0.4, 0.5) is 0 Å². The lowest BCUT2D eigenvalue weighted by atomic mass is 10.0. The molecule has 2 heterocycles. The van der Waals surface area contributed by atoms with E-state index in [1.54, 1.807) is 11.3 Å². The van der Waals surface area contributed by atoms with Gasteiger partial charge >= 0.3 is 0 Å². The van der Waals surface area contributed by atoms with Gasteiger partial charge in [0.25, 0.3) is 0 Å². The SMILES string of the molecule is Clc1cccc2c1sc1cc(-c3ccc4c5cc6ccccc6cc5n(-c5ccccc5)c4c3)ccc12. The number of aromatic nitrogens is 1. The first-order chi connectivity index (χ1) is 18.2. The molecule has 2 aromatic heterocycles. The fourth-order valence-electron chi connectivity index (χ4n) is 5.68. The van der Waals surface area contributed by atoms with E-state index in [0.29, 0.717) is 0 Å². The summed E-state index contributed by atoms with van der Waals surface area (Å²) in [6.45, 7) is 0. The van der Waals surface area contributed by atoms with Gasteiger partial charge in [-0.3, -0.25) is 0 Å². The molecule has 0 spiro atoms. The normalized spacial score (nSPS) is 11.9. The van der Waals surface area contributed by atoms with Crippen molar-refractivity contribution >= 4 is 75.7 Å². The molecule has 1 nitrogen and oxygen atoms in total. The Bertz CT molecular complexity index is 2150. The maximum atomic E-state index is 6.51. The molecule has 0 saturated heterocycles. The molecule has 0 aliphatic carbocycles. The van der Waals surface area contributed by atoms with Crippen molar-refractivity contribution in [1.82, 2.24) is 4.57 Å². The highest BCUT2D eigenvalue weighted by molar-refractivity contribution is 7.26. The Morgan fingerprint density at radius 1 is 0.514 bits per heavy atom. The van der Waals surface area contributed by atoms with Crippen molar-refractivity contribution in [3.8, 4) is 16.8 Å². The Kier molecular flexibility index (Phi) is 4.51. The number of nitrogens with zero attached hydrogens (tertiary/aromatic N) is 1. The van der Waals surface area contributed by atoms with E-state index in [9.17, 15) is 0 Å². The van der Waals surface area contributed by atoms with Crippen molar-refractivity contribution in [3.63, 3.8) is 0 Å². The van der Waals surface area contributed by atoms with Crippen LogP contribution in [0.15, 0.2) is 121 Å². The number of halogens is 1. The lowest BCUT2D eigenvalue weighted by Crippen LogP contribution is -1.93. The summed E-state index contributed by atoms with van der Waals surface area (Å²) in [5.74, 6) is 0. The summed E-state index contributed by atoms with van der Waals surface area (Å²) in [6, 6.07) is 43.8. The Balaban J connectivity index is 1.41. The molecule has 0 radical (unpaired) electrons. The van der Waals surface area contributed by atoms with E-state index in [2.05, 4.69) is 114 Å². The molecule has 0 bridgehead atoms. The molecule has 0 atom stereocenters. The van der Waals surface area contributed by atoms with Crippen LogP contribution in [0, 0.1) is 0 Å². The number of hydrogen-bond acceptors (Lipinski definition) is 1. The third-order valence-electron chi connectivity index (χ3n) is 7.43. The van der Waals surface area contributed by atoms with Gasteiger partial charge in [0, 0.05) is 31.9 Å². The zero-order valence-corrected chi connectivity index (χ0v) is 21.4. The molecule has 0 saturated carbocycles. The molecule has 8 aromatic rings. The maximum absolute atomic E-state index is 6.51. The smallest absolute Gasteiger partial charge is 0.0584 e. The molecule has 37 heavy (non-hydrogen) atoms. The number of thiophene rings is 1. The van der Waals surface area contributed by atoms with E-state index in [1.165, 1.54) is 64.9 Å². The zero-order chi connectivity index (χ0) is 24.5. The molecular weight excluding hydrogens is 490 g/mol. The van der Waals surface area contributed by atoms with Crippen LogP contribution < -0.4 is 0 Å². The van der Waals surface area contributed by atoms with Crippen LogP contribution in [-0.2, 0) is 0 Å². The van der Waals surface area contributed by atoms with Gasteiger partial charge in [0.15, 0.2) is 0 Å². The van der Waals surface area contributed by atoms with E-state index >= 15 is 0 Å². The lowest BCUT2D eigenvalue weighted by molar-refractivity contribution is 1.18. The van der Waals surface area contributed by atoms with Crippen molar-refractivity contribution in [1.29, 1.82) is 0 Å². The Morgan fingerprint density at radius 2 is 1.22 bits per heavy atom. The maximum Gasteiger partial charge on any atom is 0.0584 e. The summed E-state index contributed by atoms with van der Waals surface area (Å²) in [5, 5.41) is 8.37. The van der Waals surface area contributed by atoms with Crippen LogP contribution in [0.1, 0.15) is 0 Å². The van der Waals surface area contributed by atoms with Gasteiger partial charge in [-0.05, 0) is 64.4 Å². The van der Waals surface area contributed by atoms with Crippen molar-refractivity contribution < 1.29 is 0 Å². The fourth-order valence-corrected chi connectivity index (χ4v) is 7.12. The molecule has 8 rings (SSSR count). The lowest BCUT2D eigenvalue weighted by Gasteiger charge is -2.09. The molecule has 0 fully saturated rings. The van der Waals surface area contributed by atoms with Gasteiger partial charge in [0.1, 0.15) is 0 Å². The monoisotopic (exact) mass is 509 g/mol. The van der Waals surface area contributed by atoms with Crippen LogP contribution in [0.2, 0.25) is 5.02 Å². The van der Waals surface area contributed by atoms with Crippen LogP contribution in [0.25, 0.3) is 69.6 Å². The highest BCUT2D eigenvalue weighted by Gasteiger charge is 2.15. The number of rotatable bonds is 2. The first-order valence-corrected chi connectivity index (χ1v) is 13.6. The van der Waals surface area contributed by atoms with E-state index in [4.69, 9.17) is 11.6 Å². The van der Waals surface area contributed by atoms with Crippen LogP contribution in [0.3, 0.4) is 0 Å². The summed E-state index contributed by atoms with van der Waals surface area (Å²) >= 11 is 8.28. The minimum Gasteiger partial charge on any atom is -0.309 e. The van der Waals surface area contributed by atoms with Crippen molar-refractivity contribution in [2.24, 2.45) is 0 Å². The summed E-state index contributed by atoms with van der Waals surface area (Å²) in [6.07, 6.45) is 0. The number of para-hydroxylation sites is 1. The van der Waals surface area contributed by atoms with Crippen molar-refractivity contribution in [2.45, 2.75) is 0 Å². The topological polar surface area (TPSA) is 4.93 Å². The third kappa shape index (κ3) is 3.16. The van der Waals surface area contributed by atoms with E-state index < -0.39 is 0 Å². The highest BCUT2D eigenvalue weighted by Crippen LogP contribution is 2.41. The molecule has 0 unspecified atom stereocenters. The summed E-state index contributed by atoms with van der Waals surface area (Å²) in [5.41, 5.74) is 6.04. The first-order valence-electron chi connectivity index (χ1n) is 12.4. The average Bonchev–Trinajstić information content (AvgIpc) is 3.47. The molecule has 0 N–H and O–H groups in total. The number of hydrogen-bond donors (Lipinski definition) is 0. The molecule has 0 aliphatic rings. The van der Waals surface area contributed by atoms with Crippen molar-refractivity contribution in [2.75, 3.05) is 0 Å². The van der Waals surface area contributed by atoms with Gasteiger partial charge in [0.2, 0.25) is 0 Å². The standard InChI is InChI=1S/C34H20ClNS/c35-30-12-6-11-28-27-16-14-24(20-33(27)37-34(28)30)23-13-15-26-29-17-21-7-4-5-8-22(21)18-32(29)36(31(26)19-23)25-9-2-1-3-10-25/h1-20H. The molecular formula is C34H20ClNS. The van der Waals surface area contributed by atoms with Crippen LogP contribution in [-0.4, -0.2) is 4.57 Å². The van der Waals surface area contributed by atoms with Gasteiger partial charge in [0.05, 0.1) is 20.8 Å². The Labute approximate surface area is 222 Å². The van der Waals surface area contributed by atoms with Gasteiger partial charge in [-0.2, -0.15) is 0 Å². The highest BCUT2D eigenvalue weighted by atomic mass is 35.5. The predicted octanol–water partition coefficient (Wildman–Crippen LogP) is 10.6. The molecule has 0 amide bonds. The fraction of sp³-hybridized carbons (Fsp3) is 0. The first kappa shape index (κ1) is 21.0. The third-order valence-corrected chi connectivity index (χ3v) is 9.06. The average molecular weight is 510 g/mol. The summed E-state index contributed by atoms with van der Waals surface area (Å²) in [7, 11) is 0. The molecule has 6 aromatic carbocycles. The van der Waals surface area contributed by atoms with Crippen molar-refractivity contribution in [3.05, 3.63) is 126 Å². The molecule has 3 heteroatoms.